The van der Waals surface area contributed by atoms with Gasteiger partial charge in [-0.2, -0.15) is 0 Å². The van der Waals surface area contributed by atoms with E-state index in [1.807, 2.05) is 0 Å². The number of nitrogens with one attached hydrogen (secondary N) is 2. The molecule has 0 aromatic carbocycles. The quantitative estimate of drug-likeness (QED) is 0.783. The zero-order valence-electron chi connectivity index (χ0n) is 12.4. The van der Waals surface area contributed by atoms with Crippen molar-refractivity contribution in [3.63, 3.8) is 0 Å². The summed E-state index contributed by atoms with van der Waals surface area (Å²) < 4.78 is 0. The van der Waals surface area contributed by atoms with Crippen LogP contribution < -0.4 is 10.6 Å². The highest BCUT2D eigenvalue weighted by Gasteiger charge is 2.33. The minimum absolute atomic E-state index is 0.604. The maximum atomic E-state index is 3.90. The minimum Gasteiger partial charge on any atom is -0.314 e. The van der Waals surface area contributed by atoms with Crippen LogP contribution in [0.5, 0.6) is 0 Å². The fourth-order valence-corrected chi connectivity index (χ4v) is 3.89. The highest BCUT2D eigenvalue weighted by Crippen LogP contribution is 2.30. The van der Waals surface area contributed by atoms with Crippen molar-refractivity contribution in [2.45, 2.75) is 63.6 Å². The Bertz CT molecular complexity index is 236. The summed E-state index contributed by atoms with van der Waals surface area (Å²) in [6.07, 6.45) is 8.41. The largest absolute Gasteiger partial charge is 0.314 e. The van der Waals surface area contributed by atoms with E-state index in [-0.39, 0.29) is 0 Å². The molecule has 18 heavy (non-hydrogen) atoms. The van der Waals surface area contributed by atoms with E-state index in [4.69, 9.17) is 0 Å². The molecule has 0 aromatic rings. The van der Waals surface area contributed by atoms with Crippen molar-refractivity contribution in [2.75, 3.05) is 27.2 Å². The van der Waals surface area contributed by atoms with Crippen LogP contribution in [0.25, 0.3) is 0 Å². The Morgan fingerprint density at radius 3 is 2.61 bits per heavy atom. The molecule has 2 fully saturated rings. The Hall–Kier alpha value is -0.120. The van der Waals surface area contributed by atoms with Crippen LogP contribution in [0.1, 0.15) is 45.4 Å². The summed E-state index contributed by atoms with van der Waals surface area (Å²) in [6.45, 7) is 4.70. The van der Waals surface area contributed by atoms with Crippen molar-refractivity contribution in [3.8, 4) is 0 Å². The zero-order valence-corrected chi connectivity index (χ0v) is 12.4. The van der Waals surface area contributed by atoms with E-state index < -0.39 is 0 Å². The fourth-order valence-electron chi connectivity index (χ4n) is 3.89. The standard InChI is InChI=1S/C15H31N3/c1-12(11-18(2)3)17-15-8-5-4-7-13(15)14-9-6-10-16-14/h12-17H,4-11H2,1-3H3. The fraction of sp³-hybridized carbons (Fsp3) is 1.00. The molecule has 1 heterocycles. The first-order chi connectivity index (χ1) is 8.66. The van der Waals surface area contributed by atoms with Crippen LogP contribution >= 0.6 is 0 Å². The van der Waals surface area contributed by atoms with Gasteiger partial charge in [0, 0.05) is 24.7 Å². The van der Waals surface area contributed by atoms with Crippen LogP contribution in [0.2, 0.25) is 0 Å². The SMILES string of the molecule is CC(CN(C)C)NC1CCCCC1C1CCCN1. The summed E-state index contributed by atoms with van der Waals surface area (Å²) in [5.74, 6) is 0.867. The molecule has 0 amide bonds. The first kappa shape index (κ1) is 14.3. The summed E-state index contributed by atoms with van der Waals surface area (Å²) in [5, 5.41) is 7.62. The summed E-state index contributed by atoms with van der Waals surface area (Å²) >= 11 is 0. The third-order valence-electron chi connectivity index (χ3n) is 4.57. The average Bonchev–Trinajstić information content (AvgIpc) is 2.81. The third kappa shape index (κ3) is 3.94. The van der Waals surface area contributed by atoms with Gasteiger partial charge in [-0.15, -0.1) is 0 Å². The monoisotopic (exact) mass is 253 g/mol. The van der Waals surface area contributed by atoms with Gasteiger partial charge < -0.3 is 15.5 Å². The molecule has 0 radical (unpaired) electrons. The topological polar surface area (TPSA) is 27.3 Å². The predicted octanol–water partition coefficient (Wildman–Crippen LogP) is 1.84. The molecular weight excluding hydrogens is 222 g/mol. The molecule has 1 aliphatic heterocycles. The lowest BCUT2D eigenvalue weighted by molar-refractivity contribution is 0.193. The van der Waals surface area contributed by atoms with E-state index in [1.54, 1.807) is 0 Å². The lowest BCUT2D eigenvalue weighted by Gasteiger charge is -2.38. The average molecular weight is 253 g/mol. The lowest BCUT2D eigenvalue weighted by Crippen LogP contribution is -2.51. The molecule has 2 rings (SSSR count). The van der Waals surface area contributed by atoms with Crippen molar-refractivity contribution in [1.82, 2.24) is 15.5 Å². The molecule has 0 aromatic heterocycles. The first-order valence-corrected chi connectivity index (χ1v) is 7.81. The Balaban J connectivity index is 1.86. The molecule has 4 atom stereocenters. The van der Waals surface area contributed by atoms with Crippen LogP contribution in [-0.4, -0.2) is 50.2 Å². The number of hydrogen-bond acceptors (Lipinski definition) is 3. The smallest absolute Gasteiger partial charge is 0.0169 e. The second-order valence-electron chi connectivity index (χ2n) is 6.59. The van der Waals surface area contributed by atoms with Crippen molar-refractivity contribution in [3.05, 3.63) is 0 Å². The molecule has 1 aliphatic carbocycles. The van der Waals surface area contributed by atoms with Crippen LogP contribution in [0.15, 0.2) is 0 Å². The van der Waals surface area contributed by atoms with Crippen molar-refractivity contribution < 1.29 is 0 Å². The molecule has 1 saturated carbocycles. The lowest BCUT2D eigenvalue weighted by atomic mass is 9.79. The minimum atomic E-state index is 0.604. The van der Waals surface area contributed by atoms with E-state index in [9.17, 15) is 0 Å². The molecule has 3 nitrogen and oxygen atoms in total. The van der Waals surface area contributed by atoms with Gasteiger partial charge in [0.05, 0.1) is 0 Å². The summed E-state index contributed by atoms with van der Waals surface area (Å²) in [5.41, 5.74) is 0. The van der Waals surface area contributed by atoms with E-state index in [0.29, 0.717) is 6.04 Å². The Morgan fingerprint density at radius 2 is 1.94 bits per heavy atom. The number of hydrogen-bond donors (Lipinski definition) is 2. The third-order valence-corrected chi connectivity index (χ3v) is 4.57. The molecule has 4 unspecified atom stereocenters. The van der Waals surface area contributed by atoms with Crippen LogP contribution in [-0.2, 0) is 0 Å². The molecule has 0 spiro atoms. The Morgan fingerprint density at radius 1 is 1.17 bits per heavy atom. The van der Waals surface area contributed by atoms with Gasteiger partial charge in [0.15, 0.2) is 0 Å². The molecule has 3 heteroatoms. The van der Waals surface area contributed by atoms with Gasteiger partial charge >= 0.3 is 0 Å². The Kier molecular flexibility index (Phi) is 5.46. The predicted molar refractivity (Wildman–Crippen MR) is 77.9 cm³/mol. The van der Waals surface area contributed by atoms with Gasteiger partial charge in [-0.3, -0.25) is 0 Å². The Labute approximate surface area is 113 Å². The maximum absolute atomic E-state index is 3.90. The highest BCUT2D eigenvalue weighted by molar-refractivity contribution is 4.92. The summed E-state index contributed by atoms with van der Waals surface area (Å²) in [4.78, 5) is 2.28. The van der Waals surface area contributed by atoms with E-state index >= 15 is 0 Å². The molecular formula is C15H31N3. The number of nitrogens with zero attached hydrogens (tertiary/aromatic N) is 1. The molecule has 0 bridgehead atoms. The second kappa shape index (κ2) is 6.88. The van der Waals surface area contributed by atoms with Crippen molar-refractivity contribution >= 4 is 0 Å². The van der Waals surface area contributed by atoms with Crippen LogP contribution in [0.4, 0.5) is 0 Å². The van der Waals surface area contributed by atoms with Gasteiger partial charge in [-0.05, 0) is 59.2 Å². The van der Waals surface area contributed by atoms with Crippen molar-refractivity contribution in [2.24, 2.45) is 5.92 Å². The van der Waals surface area contributed by atoms with Gasteiger partial charge in [-0.1, -0.05) is 12.8 Å². The van der Waals surface area contributed by atoms with Gasteiger partial charge in [0.1, 0.15) is 0 Å². The van der Waals surface area contributed by atoms with Crippen molar-refractivity contribution in [1.29, 1.82) is 0 Å². The van der Waals surface area contributed by atoms with E-state index in [1.165, 1.54) is 45.1 Å². The van der Waals surface area contributed by atoms with Gasteiger partial charge in [0.2, 0.25) is 0 Å². The summed E-state index contributed by atoms with van der Waals surface area (Å²) in [7, 11) is 4.32. The summed E-state index contributed by atoms with van der Waals surface area (Å²) in [6, 6.07) is 2.13. The first-order valence-electron chi connectivity index (χ1n) is 7.81. The number of likely N-dealkylation sites (N-methyl/N-ethyl adjacent to an activating group) is 1. The van der Waals surface area contributed by atoms with Gasteiger partial charge in [0.25, 0.3) is 0 Å². The molecule has 2 aliphatic rings. The van der Waals surface area contributed by atoms with Gasteiger partial charge in [-0.25, -0.2) is 0 Å². The van der Waals surface area contributed by atoms with E-state index in [2.05, 4.69) is 36.6 Å². The van der Waals surface area contributed by atoms with Crippen LogP contribution in [0, 0.1) is 5.92 Å². The second-order valence-corrected chi connectivity index (χ2v) is 6.59. The molecule has 2 N–H and O–H groups in total. The normalized spacial score (nSPS) is 35.0. The maximum Gasteiger partial charge on any atom is 0.0169 e. The zero-order chi connectivity index (χ0) is 13.0. The van der Waals surface area contributed by atoms with E-state index in [0.717, 1.165) is 24.5 Å². The highest BCUT2D eigenvalue weighted by atomic mass is 15.1. The van der Waals surface area contributed by atoms with Crippen LogP contribution in [0.3, 0.4) is 0 Å². The molecule has 106 valence electrons. The molecule has 1 saturated heterocycles. The number of rotatable bonds is 5.